The monoisotopic (exact) mass is 160 g/mol. The van der Waals surface area contributed by atoms with Gasteiger partial charge in [-0.25, -0.2) is 0 Å². The SMILES string of the molecule is FC(Cl)Oc1ccccc1. The van der Waals surface area contributed by atoms with E-state index in [2.05, 4.69) is 4.74 Å². The molecule has 54 valence electrons. The van der Waals surface area contributed by atoms with Crippen LogP contribution < -0.4 is 4.74 Å². The van der Waals surface area contributed by atoms with Crippen LogP contribution in [0.3, 0.4) is 0 Å². The van der Waals surface area contributed by atoms with Gasteiger partial charge in [-0.15, -0.1) is 0 Å². The van der Waals surface area contributed by atoms with E-state index in [1.807, 2.05) is 6.07 Å². The zero-order valence-electron chi connectivity index (χ0n) is 5.13. The molecule has 1 nitrogen and oxygen atoms in total. The summed E-state index contributed by atoms with van der Waals surface area (Å²) in [4.78, 5) is 0. The van der Waals surface area contributed by atoms with Crippen molar-refractivity contribution in [3.05, 3.63) is 30.3 Å². The number of ether oxygens (including phenoxy) is 1. The molecule has 0 fully saturated rings. The first kappa shape index (κ1) is 7.35. The van der Waals surface area contributed by atoms with Crippen LogP contribution in [-0.4, -0.2) is 5.82 Å². The summed E-state index contributed by atoms with van der Waals surface area (Å²) in [5, 5.41) is 0. The molecule has 0 saturated heterocycles. The van der Waals surface area contributed by atoms with Crippen molar-refractivity contribution < 1.29 is 9.13 Å². The summed E-state index contributed by atoms with van der Waals surface area (Å²) in [5.41, 5.74) is 0. The molecular weight excluding hydrogens is 155 g/mol. The van der Waals surface area contributed by atoms with Crippen LogP contribution in [0.1, 0.15) is 0 Å². The van der Waals surface area contributed by atoms with E-state index in [0.29, 0.717) is 5.75 Å². The molecule has 0 heterocycles. The third-order valence-electron chi connectivity index (χ3n) is 0.968. The maximum Gasteiger partial charge on any atom is 0.316 e. The third-order valence-corrected chi connectivity index (χ3v) is 1.06. The number of hydrogen-bond donors (Lipinski definition) is 0. The molecule has 0 radical (unpaired) electrons. The smallest absolute Gasteiger partial charge is 0.316 e. The van der Waals surface area contributed by atoms with Gasteiger partial charge >= 0.3 is 5.82 Å². The van der Waals surface area contributed by atoms with Crippen molar-refractivity contribution in [2.45, 2.75) is 5.82 Å². The molecular formula is C7H6ClFO. The maximum atomic E-state index is 11.9. The quantitative estimate of drug-likeness (QED) is 0.605. The van der Waals surface area contributed by atoms with Crippen molar-refractivity contribution in [3.63, 3.8) is 0 Å². The fourth-order valence-electron chi connectivity index (χ4n) is 0.602. The second-order valence-electron chi connectivity index (χ2n) is 1.69. The lowest BCUT2D eigenvalue weighted by Crippen LogP contribution is -1.99. The van der Waals surface area contributed by atoms with Gasteiger partial charge in [-0.1, -0.05) is 18.2 Å². The van der Waals surface area contributed by atoms with Crippen LogP contribution in [0.25, 0.3) is 0 Å². The van der Waals surface area contributed by atoms with Crippen LogP contribution in [0.5, 0.6) is 5.75 Å². The first-order valence-corrected chi connectivity index (χ1v) is 3.22. The minimum Gasteiger partial charge on any atom is -0.447 e. The highest BCUT2D eigenvalue weighted by Gasteiger charge is 1.99. The Balaban J connectivity index is 2.59. The van der Waals surface area contributed by atoms with Crippen LogP contribution in [-0.2, 0) is 0 Å². The molecule has 0 aromatic heterocycles. The summed E-state index contributed by atoms with van der Waals surface area (Å²) in [5.74, 6) is -1.33. The van der Waals surface area contributed by atoms with E-state index < -0.39 is 5.82 Å². The minimum absolute atomic E-state index is 0.435. The normalized spacial score (nSPS) is 12.6. The van der Waals surface area contributed by atoms with Gasteiger partial charge in [0.15, 0.2) is 0 Å². The van der Waals surface area contributed by atoms with Crippen LogP contribution in [0.2, 0.25) is 0 Å². The van der Waals surface area contributed by atoms with E-state index in [9.17, 15) is 4.39 Å². The summed E-state index contributed by atoms with van der Waals surface area (Å²) in [7, 11) is 0. The van der Waals surface area contributed by atoms with Gasteiger partial charge in [-0.2, -0.15) is 4.39 Å². The van der Waals surface area contributed by atoms with Gasteiger partial charge < -0.3 is 4.74 Å². The standard InChI is InChI=1S/C7H6ClFO/c8-7(9)10-6-4-2-1-3-5-6/h1-5,7H. The highest BCUT2D eigenvalue weighted by Crippen LogP contribution is 2.12. The van der Waals surface area contributed by atoms with Crippen molar-refractivity contribution in [1.29, 1.82) is 0 Å². The van der Waals surface area contributed by atoms with E-state index in [1.54, 1.807) is 24.3 Å². The fraction of sp³-hybridized carbons (Fsp3) is 0.143. The van der Waals surface area contributed by atoms with Gasteiger partial charge in [-0.05, 0) is 23.7 Å². The molecule has 0 N–H and O–H groups in total. The van der Waals surface area contributed by atoms with Crippen molar-refractivity contribution >= 4 is 11.6 Å². The number of hydrogen-bond acceptors (Lipinski definition) is 1. The molecule has 1 atom stereocenters. The van der Waals surface area contributed by atoms with E-state index in [-0.39, 0.29) is 0 Å². The highest BCUT2D eigenvalue weighted by molar-refractivity contribution is 6.18. The average Bonchev–Trinajstić information content (AvgIpc) is 1.88. The summed E-state index contributed by atoms with van der Waals surface area (Å²) in [6.07, 6.45) is 0. The van der Waals surface area contributed by atoms with Crippen LogP contribution in [0.4, 0.5) is 4.39 Å². The molecule has 1 aromatic rings. The Hall–Kier alpha value is -0.760. The topological polar surface area (TPSA) is 9.23 Å². The van der Waals surface area contributed by atoms with E-state index in [1.165, 1.54) is 0 Å². The molecule has 0 bridgehead atoms. The van der Waals surface area contributed by atoms with Crippen LogP contribution in [0.15, 0.2) is 30.3 Å². The Bertz CT molecular complexity index is 188. The summed E-state index contributed by atoms with van der Waals surface area (Å²) >= 11 is 4.92. The lowest BCUT2D eigenvalue weighted by molar-refractivity contribution is 0.147. The van der Waals surface area contributed by atoms with Crippen molar-refractivity contribution in [2.24, 2.45) is 0 Å². The third kappa shape index (κ3) is 2.23. The Labute approximate surface area is 63.4 Å². The molecule has 1 unspecified atom stereocenters. The number of rotatable bonds is 2. The predicted octanol–water partition coefficient (Wildman–Crippen LogP) is 2.56. The lowest BCUT2D eigenvalue weighted by Gasteiger charge is -2.02. The number of halogens is 2. The summed E-state index contributed by atoms with van der Waals surface area (Å²) in [6, 6.07) is 8.57. The fourth-order valence-corrected chi connectivity index (χ4v) is 0.705. The molecule has 0 saturated carbocycles. The van der Waals surface area contributed by atoms with Crippen LogP contribution in [0, 0.1) is 0 Å². The van der Waals surface area contributed by atoms with Gasteiger partial charge in [0.2, 0.25) is 0 Å². The maximum absolute atomic E-state index is 11.9. The van der Waals surface area contributed by atoms with Gasteiger partial charge in [0.25, 0.3) is 0 Å². The second kappa shape index (κ2) is 3.42. The molecule has 10 heavy (non-hydrogen) atoms. The zero-order chi connectivity index (χ0) is 7.40. The molecule has 0 aliphatic rings. The Morgan fingerprint density at radius 3 is 2.40 bits per heavy atom. The molecule has 0 aliphatic heterocycles. The van der Waals surface area contributed by atoms with Gasteiger partial charge in [0.1, 0.15) is 5.75 Å². The first-order valence-electron chi connectivity index (χ1n) is 2.79. The summed E-state index contributed by atoms with van der Waals surface area (Å²) < 4.78 is 16.4. The molecule has 0 amide bonds. The van der Waals surface area contributed by atoms with Crippen LogP contribution >= 0.6 is 11.6 Å². The zero-order valence-corrected chi connectivity index (χ0v) is 5.88. The molecule has 1 rings (SSSR count). The van der Waals surface area contributed by atoms with E-state index in [0.717, 1.165) is 0 Å². The average molecular weight is 161 g/mol. The summed E-state index contributed by atoms with van der Waals surface area (Å²) in [6.45, 7) is 0. The predicted molar refractivity (Wildman–Crippen MR) is 37.8 cm³/mol. The molecule has 0 spiro atoms. The first-order chi connectivity index (χ1) is 4.79. The van der Waals surface area contributed by atoms with Gasteiger partial charge in [0, 0.05) is 0 Å². The Morgan fingerprint density at radius 1 is 1.30 bits per heavy atom. The van der Waals surface area contributed by atoms with E-state index >= 15 is 0 Å². The molecule has 0 aliphatic carbocycles. The number of benzene rings is 1. The highest BCUT2D eigenvalue weighted by atomic mass is 35.5. The van der Waals surface area contributed by atoms with Crippen molar-refractivity contribution in [3.8, 4) is 5.75 Å². The molecule has 1 aromatic carbocycles. The second-order valence-corrected chi connectivity index (χ2v) is 2.03. The van der Waals surface area contributed by atoms with Crippen molar-refractivity contribution in [2.75, 3.05) is 0 Å². The Morgan fingerprint density at radius 2 is 1.90 bits per heavy atom. The Kier molecular flexibility index (Phi) is 2.51. The lowest BCUT2D eigenvalue weighted by atomic mass is 10.3. The largest absolute Gasteiger partial charge is 0.447 e. The van der Waals surface area contributed by atoms with Gasteiger partial charge in [-0.3, -0.25) is 0 Å². The van der Waals surface area contributed by atoms with Crippen molar-refractivity contribution in [1.82, 2.24) is 0 Å². The minimum atomic E-state index is -1.76. The number of alkyl halides is 2. The number of para-hydroxylation sites is 1. The van der Waals surface area contributed by atoms with E-state index in [4.69, 9.17) is 11.6 Å². The molecule has 3 heteroatoms. The van der Waals surface area contributed by atoms with Gasteiger partial charge in [0.05, 0.1) is 0 Å².